The van der Waals surface area contributed by atoms with Gasteiger partial charge in [0.2, 0.25) is 0 Å². The van der Waals surface area contributed by atoms with Gasteiger partial charge in [0.25, 0.3) is 5.91 Å². The Bertz CT molecular complexity index is 788. The third-order valence-corrected chi connectivity index (χ3v) is 3.02. The molecule has 0 fully saturated rings. The molecule has 104 valence electrons. The number of hydrazine groups is 1. The van der Waals surface area contributed by atoms with E-state index in [-0.39, 0.29) is 11.6 Å². The molecule has 0 aliphatic rings. The van der Waals surface area contributed by atoms with Crippen molar-refractivity contribution >= 4 is 28.2 Å². The number of carbonyl (C=O) groups is 1. The van der Waals surface area contributed by atoms with Crippen molar-refractivity contribution in [1.29, 1.82) is 0 Å². The van der Waals surface area contributed by atoms with Crippen molar-refractivity contribution < 1.29 is 4.79 Å². The first-order chi connectivity index (χ1) is 10.3. The van der Waals surface area contributed by atoms with Crippen LogP contribution in [0, 0.1) is 0 Å². The first kappa shape index (κ1) is 13.0. The number of nitrogens with zero attached hydrogens (tertiary/aromatic N) is 2. The average molecular weight is 279 g/mol. The Hall–Kier alpha value is -2.99. The van der Waals surface area contributed by atoms with Crippen molar-refractivity contribution in [3.8, 4) is 0 Å². The second-order valence-corrected chi connectivity index (χ2v) is 4.41. The minimum atomic E-state index is -0.315. The molecule has 0 aliphatic heterocycles. The number of aromatic nitrogens is 2. The molecule has 4 N–H and O–H groups in total. The summed E-state index contributed by atoms with van der Waals surface area (Å²) in [5.41, 5.74) is 4.84. The van der Waals surface area contributed by atoms with E-state index in [9.17, 15) is 4.79 Å². The van der Waals surface area contributed by atoms with Crippen LogP contribution in [-0.2, 0) is 0 Å². The number of rotatable bonds is 3. The topological polar surface area (TPSA) is 92.9 Å². The first-order valence-electron chi connectivity index (χ1n) is 6.36. The van der Waals surface area contributed by atoms with Crippen molar-refractivity contribution in [2.24, 2.45) is 5.84 Å². The van der Waals surface area contributed by atoms with Crippen LogP contribution in [0.4, 0.5) is 11.4 Å². The van der Waals surface area contributed by atoms with Gasteiger partial charge in [0.1, 0.15) is 5.69 Å². The van der Waals surface area contributed by atoms with Gasteiger partial charge in [0, 0.05) is 11.6 Å². The number of para-hydroxylation sites is 1. The highest BCUT2D eigenvalue weighted by Gasteiger charge is 2.11. The fourth-order valence-corrected chi connectivity index (χ4v) is 2.04. The molecule has 0 unspecified atom stereocenters. The lowest BCUT2D eigenvalue weighted by Gasteiger charge is -2.09. The summed E-state index contributed by atoms with van der Waals surface area (Å²) in [6, 6.07) is 12.6. The molecule has 6 heteroatoms. The van der Waals surface area contributed by atoms with Gasteiger partial charge in [-0.15, -0.1) is 0 Å². The predicted molar refractivity (Wildman–Crippen MR) is 81.7 cm³/mol. The van der Waals surface area contributed by atoms with Crippen LogP contribution >= 0.6 is 0 Å². The maximum absolute atomic E-state index is 12.3. The second kappa shape index (κ2) is 5.56. The average Bonchev–Trinajstić information content (AvgIpc) is 2.54. The van der Waals surface area contributed by atoms with Gasteiger partial charge in [0.05, 0.1) is 23.1 Å². The zero-order valence-electron chi connectivity index (χ0n) is 11.1. The molecule has 1 amide bonds. The number of amides is 1. The van der Waals surface area contributed by atoms with Crippen LogP contribution in [0.15, 0.2) is 54.9 Å². The molecule has 2 heterocycles. The molecule has 0 atom stereocenters. The molecular formula is C15H13N5O. The van der Waals surface area contributed by atoms with E-state index >= 15 is 0 Å². The number of carbonyl (C=O) groups excluding carboxylic acids is 1. The van der Waals surface area contributed by atoms with Crippen LogP contribution in [0.5, 0.6) is 0 Å². The molecule has 0 aliphatic carbocycles. The zero-order chi connectivity index (χ0) is 14.7. The summed E-state index contributed by atoms with van der Waals surface area (Å²) in [4.78, 5) is 20.6. The minimum Gasteiger partial charge on any atom is -0.323 e. The van der Waals surface area contributed by atoms with Gasteiger partial charge in [-0.1, -0.05) is 18.2 Å². The lowest BCUT2D eigenvalue weighted by atomic mass is 10.1. The van der Waals surface area contributed by atoms with Crippen molar-refractivity contribution in [3.63, 3.8) is 0 Å². The highest BCUT2D eigenvalue weighted by Crippen LogP contribution is 2.22. The highest BCUT2D eigenvalue weighted by atomic mass is 16.1. The van der Waals surface area contributed by atoms with Gasteiger partial charge in [-0.2, -0.15) is 0 Å². The number of nitrogen functional groups attached to an aromatic ring is 1. The van der Waals surface area contributed by atoms with Crippen LogP contribution in [0.3, 0.4) is 0 Å². The largest absolute Gasteiger partial charge is 0.323 e. The highest BCUT2D eigenvalue weighted by molar-refractivity contribution is 6.06. The predicted octanol–water partition coefficient (Wildman–Crippen LogP) is 2.17. The molecule has 3 aromatic rings. The molecular weight excluding hydrogens is 266 g/mol. The molecule has 0 saturated carbocycles. The lowest BCUT2D eigenvalue weighted by Crippen LogP contribution is -2.15. The molecule has 1 aromatic carbocycles. The molecule has 0 spiro atoms. The van der Waals surface area contributed by atoms with Gasteiger partial charge in [-0.25, -0.2) is 4.98 Å². The summed E-state index contributed by atoms with van der Waals surface area (Å²) in [5.74, 6) is 5.20. The SMILES string of the molecule is NNc1cc(C(=O)Nc2cccnc2)nc2ccccc12. The van der Waals surface area contributed by atoms with E-state index in [4.69, 9.17) is 5.84 Å². The molecule has 2 aromatic heterocycles. The molecule has 3 rings (SSSR count). The summed E-state index contributed by atoms with van der Waals surface area (Å²) in [6.07, 6.45) is 3.21. The zero-order valence-corrected chi connectivity index (χ0v) is 11.1. The minimum absolute atomic E-state index is 0.283. The Balaban J connectivity index is 1.98. The Morgan fingerprint density at radius 3 is 2.76 bits per heavy atom. The standard InChI is InChI=1S/C15H13N5O/c16-20-13-8-14(19-12-6-2-1-5-11(12)13)15(21)18-10-4-3-7-17-9-10/h1-9H,16H2,(H,18,21)(H,19,20). The maximum Gasteiger partial charge on any atom is 0.274 e. The van der Waals surface area contributed by atoms with Gasteiger partial charge >= 0.3 is 0 Å². The Morgan fingerprint density at radius 2 is 2.00 bits per heavy atom. The third kappa shape index (κ3) is 2.65. The number of hydrogen-bond acceptors (Lipinski definition) is 5. The van der Waals surface area contributed by atoms with Crippen molar-refractivity contribution in [1.82, 2.24) is 9.97 Å². The van der Waals surface area contributed by atoms with Gasteiger partial charge in [-0.3, -0.25) is 15.6 Å². The molecule has 0 radical (unpaired) electrons. The van der Waals surface area contributed by atoms with E-state index in [1.165, 1.54) is 0 Å². The van der Waals surface area contributed by atoms with Crippen molar-refractivity contribution in [3.05, 3.63) is 60.6 Å². The van der Waals surface area contributed by atoms with Crippen LogP contribution in [0.25, 0.3) is 10.9 Å². The van der Waals surface area contributed by atoms with Crippen LogP contribution in [-0.4, -0.2) is 15.9 Å². The fraction of sp³-hybridized carbons (Fsp3) is 0. The maximum atomic E-state index is 12.3. The normalized spacial score (nSPS) is 10.3. The van der Waals surface area contributed by atoms with Gasteiger partial charge < -0.3 is 10.7 Å². The van der Waals surface area contributed by atoms with Crippen LogP contribution < -0.4 is 16.6 Å². The van der Waals surface area contributed by atoms with E-state index in [0.29, 0.717) is 16.9 Å². The van der Waals surface area contributed by atoms with E-state index in [1.54, 1.807) is 30.6 Å². The summed E-state index contributed by atoms with van der Waals surface area (Å²) < 4.78 is 0. The Kier molecular flexibility index (Phi) is 3.44. The summed E-state index contributed by atoms with van der Waals surface area (Å²) >= 11 is 0. The molecule has 21 heavy (non-hydrogen) atoms. The Labute approximate surface area is 121 Å². The molecule has 6 nitrogen and oxygen atoms in total. The number of fused-ring (bicyclic) bond motifs is 1. The van der Waals surface area contributed by atoms with E-state index < -0.39 is 0 Å². The van der Waals surface area contributed by atoms with Crippen molar-refractivity contribution in [2.75, 3.05) is 10.7 Å². The smallest absolute Gasteiger partial charge is 0.274 e. The molecule has 0 bridgehead atoms. The quantitative estimate of drug-likeness (QED) is 0.504. The second-order valence-electron chi connectivity index (χ2n) is 4.41. The Morgan fingerprint density at radius 1 is 1.14 bits per heavy atom. The monoisotopic (exact) mass is 279 g/mol. The number of pyridine rings is 2. The summed E-state index contributed by atoms with van der Waals surface area (Å²) in [7, 11) is 0. The summed E-state index contributed by atoms with van der Waals surface area (Å²) in [5, 5.41) is 3.60. The van der Waals surface area contributed by atoms with Crippen LogP contribution in [0.1, 0.15) is 10.5 Å². The van der Waals surface area contributed by atoms with E-state index in [1.807, 2.05) is 24.3 Å². The number of nitrogens with one attached hydrogen (secondary N) is 2. The van der Waals surface area contributed by atoms with E-state index in [0.717, 1.165) is 5.39 Å². The number of anilines is 2. The fourth-order valence-electron chi connectivity index (χ4n) is 2.04. The molecule has 0 saturated heterocycles. The van der Waals surface area contributed by atoms with Gasteiger partial charge in [-0.05, 0) is 24.3 Å². The first-order valence-corrected chi connectivity index (χ1v) is 6.36. The van der Waals surface area contributed by atoms with E-state index in [2.05, 4.69) is 20.7 Å². The van der Waals surface area contributed by atoms with Crippen molar-refractivity contribution in [2.45, 2.75) is 0 Å². The number of nitrogens with two attached hydrogens (primary N) is 1. The number of hydrogen-bond donors (Lipinski definition) is 3. The lowest BCUT2D eigenvalue weighted by molar-refractivity contribution is 0.102. The summed E-state index contributed by atoms with van der Waals surface area (Å²) in [6.45, 7) is 0. The number of benzene rings is 1. The third-order valence-electron chi connectivity index (χ3n) is 3.02. The van der Waals surface area contributed by atoms with Crippen LogP contribution in [0.2, 0.25) is 0 Å². The van der Waals surface area contributed by atoms with Gasteiger partial charge in [0.15, 0.2) is 0 Å².